The maximum absolute atomic E-state index is 12.1. The average molecular weight is 313 g/mol. The lowest BCUT2D eigenvalue weighted by atomic mass is 10.2. The molecule has 108 valence electrons. The maximum atomic E-state index is 12.1. The van der Waals surface area contributed by atoms with Crippen LogP contribution in [-0.2, 0) is 26.1 Å². The minimum absolute atomic E-state index is 0.0284. The fourth-order valence-corrected chi connectivity index (χ4v) is 3.49. The predicted molar refractivity (Wildman–Crippen MR) is 80.5 cm³/mol. The van der Waals surface area contributed by atoms with Gasteiger partial charge in [0.15, 0.2) is 0 Å². The van der Waals surface area contributed by atoms with E-state index in [2.05, 4.69) is 10.4 Å². The van der Waals surface area contributed by atoms with Crippen molar-refractivity contribution in [3.63, 3.8) is 0 Å². The molecule has 0 saturated heterocycles. The van der Waals surface area contributed by atoms with Crippen molar-refractivity contribution >= 4 is 22.9 Å². The minimum Gasteiger partial charge on any atom is -0.310 e. The zero-order valence-electron chi connectivity index (χ0n) is 11.1. The molecule has 3 heterocycles. The Morgan fingerprint density at radius 1 is 1.40 bits per heavy atom. The van der Waals surface area contributed by atoms with E-state index >= 15 is 0 Å². The molecule has 0 amide bonds. The quantitative estimate of drug-likeness (QED) is 0.858. The van der Waals surface area contributed by atoms with Gasteiger partial charge < -0.3 is 5.32 Å². The molecule has 0 fully saturated rings. The number of fused-ring (bicyclic) bond motifs is 1. The lowest BCUT2D eigenvalue weighted by Crippen LogP contribution is -2.30. The van der Waals surface area contributed by atoms with E-state index in [9.17, 15) is 4.79 Å². The Labute approximate surface area is 126 Å². The van der Waals surface area contributed by atoms with Crippen molar-refractivity contribution in [3.8, 4) is 0 Å². The summed E-state index contributed by atoms with van der Waals surface area (Å²) < 4.78 is 4.19. The van der Waals surface area contributed by atoms with Gasteiger partial charge in [-0.3, -0.25) is 4.57 Å². The Morgan fingerprint density at radius 3 is 3.05 bits per heavy atom. The van der Waals surface area contributed by atoms with Crippen LogP contribution in [0.5, 0.6) is 0 Å². The second kappa shape index (κ2) is 6.11. The van der Waals surface area contributed by atoms with Crippen molar-refractivity contribution < 1.29 is 0 Å². The van der Waals surface area contributed by atoms with Crippen LogP contribution in [0.2, 0.25) is 4.34 Å². The molecular weight excluding hydrogens is 296 g/mol. The molecule has 0 radical (unpaired) electrons. The number of hydrogen-bond donors (Lipinski definition) is 1. The van der Waals surface area contributed by atoms with E-state index in [1.807, 2.05) is 16.7 Å². The summed E-state index contributed by atoms with van der Waals surface area (Å²) in [7, 11) is 0. The Kier molecular flexibility index (Phi) is 4.24. The highest BCUT2D eigenvalue weighted by Gasteiger charge is 2.15. The van der Waals surface area contributed by atoms with Crippen LogP contribution in [-0.4, -0.2) is 20.9 Å². The lowest BCUT2D eigenvalue weighted by Gasteiger charge is -2.09. The van der Waals surface area contributed by atoms with Crippen molar-refractivity contribution in [1.29, 1.82) is 0 Å². The van der Waals surface area contributed by atoms with E-state index in [-0.39, 0.29) is 5.69 Å². The molecule has 3 rings (SSSR count). The number of nitrogens with one attached hydrogen (secondary N) is 1. The smallest absolute Gasteiger partial charge is 0.310 e. The van der Waals surface area contributed by atoms with E-state index in [1.165, 1.54) is 4.88 Å². The van der Waals surface area contributed by atoms with Crippen LogP contribution in [0.3, 0.4) is 0 Å². The van der Waals surface area contributed by atoms with Gasteiger partial charge >= 0.3 is 5.69 Å². The SMILES string of the molecule is O=c1n(CCNCc2ccc(Cl)s2)nc2n1CCCC2. The predicted octanol–water partition coefficient (Wildman–Crippen LogP) is 1.89. The zero-order valence-corrected chi connectivity index (χ0v) is 12.7. The van der Waals surface area contributed by atoms with E-state index in [1.54, 1.807) is 16.0 Å². The van der Waals surface area contributed by atoms with Gasteiger partial charge in [0, 0.05) is 30.9 Å². The lowest BCUT2D eigenvalue weighted by molar-refractivity contribution is 0.508. The summed E-state index contributed by atoms with van der Waals surface area (Å²) >= 11 is 7.45. The van der Waals surface area contributed by atoms with E-state index in [0.717, 1.165) is 49.1 Å². The molecule has 2 aromatic rings. The Bertz CT molecular complexity index is 645. The number of halogens is 1. The fourth-order valence-electron chi connectivity index (χ4n) is 2.44. The van der Waals surface area contributed by atoms with Crippen LogP contribution < -0.4 is 11.0 Å². The van der Waals surface area contributed by atoms with Crippen LogP contribution >= 0.6 is 22.9 Å². The maximum Gasteiger partial charge on any atom is 0.345 e. The minimum atomic E-state index is 0.0284. The Hall–Kier alpha value is -1.11. The number of thiophene rings is 1. The van der Waals surface area contributed by atoms with E-state index < -0.39 is 0 Å². The number of hydrogen-bond acceptors (Lipinski definition) is 4. The molecule has 7 heteroatoms. The van der Waals surface area contributed by atoms with Gasteiger partial charge in [-0.2, -0.15) is 5.10 Å². The Morgan fingerprint density at radius 2 is 2.30 bits per heavy atom. The molecule has 5 nitrogen and oxygen atoms in total. The third-order valence-electron chi connectivity index (χ3n) is 3.46. The standard InChI is InChI=1S/C13H17ClN4OS/c14-11-5-4-10(20-11)9-15-6-8-18-13(19)17-7-2-1-3-12(17)16-18/h4-5,15H,1-3,6-9H2. The van der Waals surface area contributed by atoms with Gasteiger partial charge in [-0.15, -0.1) is 11.3 Å². The van der Waals surface area contributed by atoms with Gasteiger partial charge in [-0.1, -0.05) is 11.6 Å². The first-order valence-electron chi connectivity index (χ1n) is 6.85. The van der Waals surface area contributed by atoms with Gasteiger partial charge in [0.1, 0.15) is 5.82 Å². The number of rotatable bonds is 5. The molecule has 0 saturated carbocycles. The molecule has 0 aliphatic carbocycles. The van der Waals surface area contributed by atoms with Gasteiger partial charge in [-0.25, -0.2) is 9.48 Å². The van der Waals surface area contributed by atoms with Gasteiger partial charge in [-0.05, 0) is 25.0 Å². The van der Waals surface area contributed by atoms with Gasteiger partial charge in [0.25, 0.3) is 0 Å². The molecule has 20 heavy (non-hydrogen) atoms. The molecule has 2 aromatic heterocycles. The number of nitrogens with zero attached hydrogens (tertiary/aromatic N) is 3. The first-order valence-corrected chi connectivity index (χ1v) is 8.05. The fraction of sp³-hybridized carbons (Fsp3) is 0.538. The summed E-state index contributed by atoms with van der Waals surface area (Å²) in [6, 6.07) is 3.92. The first-order chi connectivity index (χ1) is 9.74. The molecule has 0 atom stereocenters. The van der Waals surface area contributed by atoms with E-state index in [0.29, 0.717) is 6.54 Å². The van der Waals surface area contributed by atoms with Crippen molar-refractivity contribution in [2.24, 2.45) is 0 Å². The van der Waals surface area contributed by atoms with Crippen LogP contribution in [0.4, 0.5) is 0 Å². The summed E-state index contributed by atoms with van der Waals surface area (Å²) in [5, 5.41) is 7.72. The third kappa shape index (κ3) is 2.97. The molecule has 0 aromatic carbocycles. The molecular formula is C13H17ClN4OS. The normalized spacial score (nSPS) is 14.4. The first kappa shape index (κ1) is 13.9. The Balaban J connectivity index is 1.54. The molecule has 0 spiro atoms. The molecule has 1 aliphatic heterocycles. The summed E-state index contributed by atoms with van der Waals surface area (Å²) in [4.78, 5) is 13.3. The van der Waals surface area contributed by atoms with E-state index in [4.69, 9.17) is 11.6 Å². The average Bonchev–Trinajstić information content (AvgIpc) is 3.00. The number of aryl methyl sites for hydroxylation is 1. The second-order valence-corrected chi connectivity index (χ2v) is 6.71. The monoisotopic (exact) mass is 312 g/mol. The second-order valence-electron chi connectivity index (χ2n) is 4.91. The van der Waals surface area contributed by atoms with Crippen LogP contribution in [0.25, 0.3) is 0 Å². The summed E-state index contributed by atoms with van der Waals surface area (Å²) in [6.45, 7) is 2.93. The molecule has 0 unspecified atom stereocenters. The summed E-state index contributed by atoms with van der Waals surface area (Å²) in [5.74, 6) is 0.936. The highest BCUT2D eigenvalue weighted by molar-refractivity contribution is 7.16. The van der Waals surface area contributed by atoms with Gasteiger partial charge in [0.2, 0.25) is 0 Å². The number of aromatic nitrogens is 3. The highest BCUT2D eigenvalue weighted by Crippen LogP contribution is 2.20. The molecule has 1 N–H and O–H groups in total. The third-order valence-corrected chi connectivity index (χ3v) is 4.69. The molecule has 0 bridgehead atoms. The van der Waals surface area contributed by atoms with Crippen LogP contribution in [0, 0.1) is 0 Å². The summed E-state index contributed by atoms with van der Waals surface area (Å²) in [6.07, 6.45) is 3.13. The van der Waals surface area contributed by atoms with Crippen molar-refractivity contribution in [2.75, 3.05) is 6.54 Å². The van der Waals surface area contributed by atoms with Crippen molar-refractivity contribution in [1.82, 2.24) is 19.7 Å². The largest absolute Gasteiger partial charge is 0.345 e. The van der Waals surface area contributed by atoms with Crippen LogP contribution in [0.15, 0.2) is 16.9 Å². The van der Waals surface area contributed by atoms with Crippen molar-refractivity contribution in [3.05, 3.63) is 37.7 Å². The zero-order chi connectivity index (χ0) is 13.9. The highest BCUT2D eigenvalue weighted by atomic mass is 35.5. The van der Waals surface area contributed by atoms with Crippen molar-refractivity contribution in [2.45, 2.75) is 38.9 Å². The van der Waals surface area contributed by atoms with Gasteiger partial charge in [0.05, 0.1) is 10.9 Å². The van der Waals surface area contributed by atoms with Crippen LogP contribution in [0.1, 0.15) is 23.5 Å². The summed E-state index contributed by atoms with van der Waals surface area (Å²) in [5.41, 5.74) is 0.0284. The molecule has 1 aliphatic rings. The topological polar surface area (TPSA) is 51.9 Å².